The van der Waals surface area contributed by atoms with Crippen molar-refractivity contribution in [3.8, 4) is 11.3 Å². The number of hydrogen-bond acceptors (Lipinski definition) is 3. The minimum atomic E-state index is -1.69. The fourth-order valence-electron chi connectivity index (χ4n) is 3.04. The molecule has 0 unspecified atom stereocenters. The SMILES string of the molecule is CCn1cc(-c2cc(C(=O)Nc3c(F)c(F)cc(F)c3F)c3ccccc3n2)cn1. The third kappa shape index (κ3) is 3.38. The van der Waals surface area contributed by atoms with E-state index < -0.39 is 34.9 Å². The Labute approximate surface area is 168 Å². The summed E-state index contributed by atoms with van der Waals surface area (Å²) >= 11 is 0. The highest BCUT2D eigenvalue weighted by molar-refractivity contribution is 6.13. The molecule has 4 rings (SSSR count). The number of aryl methyl sites for hydroxylation is 1. The summed E-state index contributed by atoms with van der Waals surface area (Å²) < 4.78 is 56.7. The zero-order chi connectivity index (χ0) is 21.4. The van der Waals surface area contributed by atoms with Crippen LogP contribution < -0.4 is 5.32 Å². The first kappa shape index (κ1) is 19.6. The van der Waals surface area contributed by atoms with E-state index in [2.05, 4.69) is 10.1 Å². The van der Waals surface area contributed by atoms with Crippen LogP contribution in [0.1, 0.15) is 17.3 Å². The molecule has 2 aromatic carbocycles. The fraction of sp³-hybridized carbons (Fsp3) is 0.0952. The predicted octanol–water partition coefficient (Wildman–Crippen LogP) is 4.93. The van der Waals surface area contributed by atoms with Crippen LogP contribution >= 0.6 is 0 Å². The number of benzene rings is 2. The predicted molar refractivity (Wildman–Crippen MR) is 103 cm³/mol. The van der Waals surface area contributed by atoms with Gasteiger partial charge in [-0.1, -0.05) is 18.2 Å². The number of pyridine rings is 1. The second-order valence-electron chi connectivity index (χ2n) is 6.45. The number of anilines is 1. The number of rotatable bonds is 4. The molecule has 2 aromatic heterocycles. The molecule has 152 valence electrons. The molecule has 9 heteroatoms. The van der Waals surface area contributed by atoms with Crippen LogP contribution in [0.5, 0.6) is 0 Å². The van der Waals surface area contributed by atoms with Crippen molar-refractivity contribution in [3.05, 3.63) is 77.6 Å². The number of amides is 1. The average Bonchev–Trinajstić information content (AvgIpc) is 3.24. The van der Waals surface area contributed by atoms with Crippen LogP contribution in [0.2, 0.25) is 0 Å². The number of aromatic nitrogens is 3. The van der Waals surface area contributed by atoms with Gasteiger partial charge in [0.1, 0.15) is 5.69 Å². The summed E-state index contributed by atoms with van der Waals surface area (Å²) in [4.78, 5) is 17.4. The van der Waals surface area contributed by atoms with Gasteiger partial charge in [-0.15, -0.1) is 0 Å². The Kier molecular flexibility index (Phi) is 4.94. The zero-order valence-corrected chi connectivity index (χ0v) is 15.6. The van der Waals surface area contributed by atoms with Crippen LogP contribution in [0.25, 0.3) is 22.2 Å². The summed E-state index contributed by atoms with van der Waals surface area (Å²) in [6.07, 6.45) is 3.31. The minimum Gasteiger partial charge on any atom is -0.317 e. The number of fused-ring (bicyclic) bond motifs is 1. The van der Waals surface area contributed by atoms with Gasteiger partial charge in [-0.3, -0.25) is 9.48 Å². The van der Waals surface area contributed by atoms with Gasteiger partial charge in [-0.25, -0.2) is 22.5 Å². The van der Waals surface area contributed by atoms with Gasteiger partial charge in [0.05, 0.1) is 23.0 Å². The van der Waals surface area contributed by atoms with Crippen molar-refractivity contribution in [3.63, 3.8) is 0 Å². The monoisotopic (exact) mass is 414 g/mol. The lowest BCUT2D eigenvalue weighted by Crippen LogP contribution is -2.16. The lowest BCUT2D eigenvalue weighted by molar-refractivity contribution is 0.102. The number of nitrogens with one attached hydrogen (secondary N) is 1. The summed E-state index contributed by atoms with van der Waals surface area (Å²) in [6, 6.07) is 8.17. The molecule has 0 fully saturated rings. The van der Waals surface area contributed by atoms with Crippen LogP contribution in [0.15, 0.2) is 48.8 Å². The van der Waals surface area contributed by atoms with E-state index in [-0.39, 0.29) is 11.6 Å². The maximum atomic E-state index is 14.0. The zero-order valence-electron chi connectivity index (χ0n) is 15.6. The average molecular weight is 414 g/mol. The lowest BCUT2D eigenvalue weighted by Gasteiger charge is -2.12. The van der Waals surface area contributed by atoms with Gasteiger partial charge in [0, 0.05) is 29.8 Å². The van der Waals surface area contributed by atoms with Crippen molar-refractivity contribution >= 4 is 22.5 Å². The van der Waals surface area contributed by atoms with Crippen LogP contribution in [0.4, 0.5) is 23.2 Å². The number of halogens is 4. The van der Waals surface area contributed by atoms with Gasteiger partial charge >= 0.3 is 0 Å². The van der Waals surface area contributed by atoms with Gasteiger partial charge in [-0.05, 0) is 19.1 Å². The number of nitrogens with zero attached hydrogens (tertiary/aromatic N) is 3. The van der Waals surface area contributed by atoms with E-state index in [1.54, 1.807) is 41.3 Å². The molecule has 4 aromatic rings. The molecule has 0 aliphatic carbocycles. The molecule has 5 nitrogen and oxygen atoms in total. The van der Waals surface area contributed by atoms with Crippen molar-refractivity contribution in [2.45, 2.75) is 13.5 Å². The topological polar surface area (TPSA) is 59.8 Å². The molecule has 0 aliphatic rings. The second-order valence-corrected chi connectivity index (χ2v) is 6.45. The normalized spacial score (nSPS) is 11.1. The molecule has 0 radical (unpaired) electrons. The maximum absolute atomic E-state index is 14.0. The summed E-state index contributed by atoms with van der Waals surface area (Å²) in [5.41, 5.74) is 0.327. The lowest BCUT2D eigenvalue weighted by atomic mass is 10.0. The quantitative estimate of drug-likeness (QED) is 0.381. The molecule has 0 aliphatic heterocycles. The maximum Gasteiger partial charge on any atom is 0.256 e. The van der Waals surface area contributed by atoms with E-state index in [4.69, 9.17) is 0 Å². The highest BCUT2D eigenvalue weighted by atomic mass is 19.2. The van der Waals surface area contributed by atoms with Gasteiger partial charge < -0.3 is 5.32 Å². The van der Waals surface area contributed by atoms with Crippen molar-refractivity contribution in [2.24, 2.45) is 0 Å². The van der Waals surface area contributed by atoms with E-state index in [9.17, 15) is 22.4 Å². The van der Waals surface area contributed by atoms with Crippen LogP contribution in [-0.4, -0.2) is 20.7 Å². The molecule has 2 heterocycles. The van der Waals surface area contributed by atoms with E-state index in [0.717, 1.165) is 0 Å². The first-order valence-electron chi connectivity index (χ1n) is 8.96. The second kappa shape index (κ2) is 7.58. The fourth-order valence-corrected chi connectivity index (χ4v) is 3.04. The molecule has 30 heavy (non-hydrogen) atoms. The molecule has 0 saturated carbocycles. The molecule has 1 amide bonds. The first-order chi connectivity index (χ1) is 14.4. The van der Waals surface area contributed by atoms with Crippen LogP contribution in [-0.2, 0) is 6.54 Å². The number of carbonyl (C=O) groups is 1. The number of hydrogen-bond donors (Lipinski definition) is 1. The summed E-state index contributed by atoms with van der Waals surface area (Å²) in [5, 5.41) is 6.52. The van der Waals surface area contributed by atoms with E-state index >= 15 is 0 Å². The van der Waals surface area contributed by atoms with Gasteiger partial charge in [0.2, 0.25) is 0 Å². The Morgan fingerprint density at radius 1 is 1.07 bits per heavy atom. The van der Waals surface area contributed by atoms with Gasteiger partial charge in [0.15, 0.2) is 23.3 Å². The van der Waals surface area contributed by atoms with Crippen molar-refractivity contribution in [1.82, 2.24) is 14.8 Å². The highest BCUT2D eigenvalue weighted by Gasteiger charge is 2.23. The van der Waals surface area contributed by atoms with Gasteiger partial charge in [-0.2, -0.15) is 5.10 Å². The van der Waals surface area contributed by atoms with Crippen LogP contribution in [0.3, 0.4) is 0 Å². The van der Waals surface area contributed by atoms with Gasteiger partial charge in [0.25, 0.3) is 5.91 Å². The standard InChI is InChI=1S/C21H14F4N4O/c1-2-29-10-11(9-26-29)17-7-13(12-5-3-4-6-16(12)27-17)21(30)28-20-18(24)14(22)8-15(23)19(20)25/h3-10H,2H2,1H3,(H,28,30). The smallest absolute Gasteiger partial charge is 0.256 e. The van der Waals surface area contributed by atoms with Crippen molar-refractivity contribution in [2.75, 3.05) is 5.32 Å². The third-order valence-electron chi connectivity index (χ3n) is 4.56. The molecule has 0 spiro atoms. The first-order valence-corrected chi connectivity index (χ1v) is 8.96. The minimum absolute atomic E-state index is 0.0308. The summed E-state index contributed by atoms with van der Waals surface area (Å²) in [6.45, 7) is 2.54. The Balaban J connectivity index is 1.83. The molecule has 0 saturated heterocycles. The third-order valence-corrected chi connectivity index (χ3v) is 4.56. The molecule has 0 atom stereocenters. The Morgan fingerprint density at radius 3 is 2.43 bits per heavy atom. The Hall–Kier alpha value is -3.75. The molecule has 0 bridgehead atoms. The number of carbonyl (C=O) groups excluding carboxylic acids is 1. The van der Waals surface area contributed by atoms with Crippen LogP contribution in [0, 0.1) is 23.3 Å². The summed E-state index contributed by atoms with van der Waals surface area (Å²) in [7, 11) is 0. The van der Waals surface area contributed by atoms with Crippen molar-refractivity contribution in [1.29, 1.82) is 0 Å². The van der Waals surface area contributed by atoms with E-state index in [1.165, 1.54) is 6.07 Å². The van der Waals surface area contributed by atoms with Crippen molar-refractivity contribution < 1.29 is 22.4 Å². The largest absolute Gasteiger partial charge is 0.317 e. The Morgan fingerprint density at radius 2 is 1.77 bits per heavy atom. The molecule has 1 N–H and O–H groups in total. The summed E-state index contributed by atoms with van der Waals surface area (Å²) in [5.74, 6) is -7.55. The molecular formula is C21H14F4N4O. The Bertz CT molecular complexity index is 1260. The highest BCUT2D eigenvalue weighted by Crippen LogP contribution is 2.28. The number of para-hydroxylation sites is 1. The molecular weight excluding hydrogens is 400 g/mol. The van der Waals surface area contributed by atoms with E-state index in [1.807, 2.05) is 12.2 Å². The van der Waals surface area contributed by atoms with E-state index in [0.29, 0.717) is 28.7 Å².